The third kappa shape index (κ3) is 3.24. The fraction of sp³-hybridized carbons (Fsp3) is 0.471. The lowest BCUT2D eigenvalue weighted by atomic mass is 10.1. The van der Waals surface area contributed by atoms with Crippen LogP contribution in [0.25, 0.3) is 11.3 Å². The van der Waals surface area contributed by atoms with Crippen molar-refractivity contribution in [2.45, 2.75) is 25.8 Å². The minimum atomic E-state index is 0.711. The largest absolute Gasteiger partial charge is 0.496 e. The lowest BCUT2D eigenvalue weighted by molar-refractivity contribution is 0.340. The Hall–Kier alpha value is -1.62. The summed E-state index contributed by atoms with van der Waals surface area (Å²) >= 11 is 1.78. The molecule has 0 unspecified atom stereocenters. The molecule has 0 N–H and O–H groups in total. The van der Waals surface area contributed by atoms with Crippen molar-refractivity contribution in [3.8, 4) is 22.8 Å². The topological polar surface area (TPSA) is 36.3 Å². The Balaban J connectivity index is 1.85. The zero-order valence-electron chi connectivity index (χ0n) is 13.2. The summed E-state index contributed by atoms with van der Waals surface area (Å²) < 4.78 is 13.5. The lowest BCUT2D eigenvalue weighted by Gasteiger charge is -2.11. The smallest absolute Gasteiger partial charge is 0.132 e. The molecular formula is C17H22N2O2S. The summed E-state index contributed by atoms with van der Waals surface area (Å²) in [6, 6.07) is 5.99. The van der Waals surface area contributed by atoms with Gasteiger partial charge in [-0.3, -0.25) is 0 Å². The van der Waals surface area contributed by atoms with Crippen molar-refractivity contribution < 1.29 is 9.47 Å². The molecule has 5 heteroatoms. The molecule has 0 spiro atoms. The van der Waals surface area contributed by atoms with E-state index in [1.807, 2.05) is 18.2 Å². The molecule has 1 aromatic carbocycles. The van der Waals surface area contributed by atoms with Crippen LogP contribution in [0.5, 0.6) is 11.5 Å². The third-order valence-corrected chi connectivity index (χ3v) is 4.49. The fourth-order valence-electron chi connectivity index (χ4n) is 2.76. The SMILES string of the molecule is COc1cc(OCCSC)ccc1-c1cn2c(n1)CCCC2. The van der Waals surface area contributed by atoms with E-state index in [4.69, 9.17) is 14.5 Å². The molecule has 1 aliphatic rings. The summed E-state index contributed by atoms with van der Waals surface area (Å²) in [7, 11) is 1.69. The average Bonchev–Trinajstić information content (AvgIpc) is 2.98. The van der Waals surface area contributed by atoms with Crippen LogP contribution in [-0.2, 0) is 13.0 Å². The molecule has 0 amide bonds. The molecule has 22 heavy (non-hydrogen) atoms. The molecule has 3 rings (SSSR count). The lowest BCUT2D eigenvalue weighted by Crippen LogP contribution is -2.08. The van der Waals surface area contributed by atoms with E-state index in [-0.39, 0.29) is 0 Å². The van der Waals surface area contributed by atoms with Crippen LogP contribution < -0.4 is 9.47 Å². The van der Waals surface area contributed by atoms with E-state index in [0.29, 0.717) is 6.61 Å². The molecule has 0 radical (unpaired) electrons. The average molecular weight is 318 g/mol. The van der Waals surface area contributed by atoms with Crippen molar-refractivity contribution in [1.29, 1.82) is 0 Å². The first-order valence-corrected chi connectivity index (χ1v) is 9.07. The van der Waals surface area contributed by atoms with Gasteiger partial charge in [0.25, 0.3) is 0 Å². The van der Waals surface area contributed by atoms with Gasteiger partial charge in [-0.05, 0) is 31.2 Å². The van der Waals surface area contributed by atoms with Gasteiger partial charge < -0.3 is 14.0 Å². The van der Waals surface area contributed by atoms with Crippen LogP contribution in [0.3, 0.4) is 0 Å². The minimum absolute atomic E-state index is 0.711. The van der Waals surface area contributed by atoms with Gasteiger partial charge in [0.1, 0.15) is 17.3 Å². The van der Waals surface area contributed by atoms with Crippen LogP contribution in [0.4, 0.5) is 0 Å². The molecule has 118 valence electrons. The first kappa shape index (κ1) is 15.3. The summed E-state index contributed by atoms with van der Waals surface area (Å²) in [6.45, 7) is 1.78. The fourth-order valence-corrected chi connectivity index (χ4v) is 3.01. The molecule has 1 aliphatic heterocycles. The van der Waals surface area contributed by atoms with Gasteiger partial charge in [-0.25, -0.2) is 4.98 Å². The number of aryl methyl sites for hydroxylation is 2. The Labute approximate surface area is 135 Å². The second-order valence-corrected chi connectivity index (χ2v) is 6.38. The number of benzene rings is 1. The summed E-state index contributed by atoms with van der Waals surface area (Å²) in [4.78, 5) is 4.77. The Kier molecular flexibility index (Phi) is 4.93. The zero-order valence-corrected chi connectivity index (χ0v) is 14.0. The Bertz CT molecular complexity index is 616. The number of rotatable bonds is 6. The Morgan fingerprint density at radius 3 is 3.00 bits per heavy atom. The van der Waals surface area contributed by atoms with Gasteiger partial charge in [0.15, 0.2) is 0 Å². The molecule has 4 nitrogen and oxygen atoms in total. The summed E-state index contributed by atoms with van der Waals surface area (Å²) in [5.74, 6) is 3.83. The molecule has 0 atom stereocenters. The van der Waals surface area contributed by atoms with E-state index >= 15 is 0 Å². The van der Waals surface area contributed by atoms with Crippen molar-refractivity contribution in [1.82, 2.24) is 9.55 Å². The minimum Gasteiger partial charge on any atom is -0.496 e. The van der Waals surface area contributed by atoms with Crippen molar-refractivity contribution in [2.24, 2.45) is 0 Å². The maximum absolute atomic E-state index is 5.73. The standard InChI is InChI=1S/C17H22N2O2S/c1-20-16-11-13(21-9-10-22-2)6-7-14(16)15-12-19-8-4-3-5-17(19)18-15/h6-7,11-12H,3-5,8-10H2,1-2H3. The summed E-state index contributed by atoms with van der Waals surface area (Å²) in [5.41, 5.74) is 2.02. The van der Waals surface area contributed by atoms with E-state index < -0.39 is 0 Å². The molecule has 2 heterocycles. The van der Waals surface area contributed by atoms with Crippen molar-refractivity contribution in [2.75, 3.05) is 25.7 Å². The molecule has 2 aromatic rings. The van der Waals surface area contributed by atoms with Crippen molar-refractivity contribution >= 4 is 11.8 Å². The predicted molar refractivity (Wildman–Crippen MR) is 91.0 cm³/mol. The molecule has 0 bridgehead atoms. The Morgan fingerprint density at radius 1 is 1.32 bits per heavy atom. The molecule has 0 saturated heterocycles. The van der Waals surface area contributed by atoms with Gasteiger partial charge in [-0.2, -0.15) is 11.8 Å². The van der Waals surface area contributed by atoms with Gasteiger partial charge in [-0.15, -0.1) is 0 Å². The maximum Gasteiger partial charge on any atom is 0.132 e. The van der Waals surface area contributed by atoms with Crippen LogP contribution >= 0.6 is 11.8 Å². The van der Waals surface area contributed by atoms with Crippen LogP contribution in [0, 0.1) is 0 Å². The third-order valence-electron chi connectivity index (χ3n) is 3.91. The van der Waals surface area contributed by atoms with Gasteiger partial charge >= 0.3 is 0 Å². The molecule has 0 fully saturated rings. The quantitative estimate of drug-likeness (QED) is 0.762. The summed E-state index contributed by atoms with van der Waals surface area (Å²) in [5, 5.41) is 0. The number of aromatic nitrogens is 2. The highest BCUT2D eigenvalue weighted by Gasteiger charge is 2.16. The number of methoxy groups -OCH3 is 1. The highest BCUT2D eigenvalue weighted by atomic mass is 32.2. The van der Waals surface area contributed by atoms with Gasteiger partial charge in [-0.1, -0.05) is 0 Å². The predicted octanol–water partition coefficient (Wildman–Crippen LogP) is 3.64. The molecule has 0 aliphatic carbocycles. The van der Waals surface area contributed by atoms with E-state index in [1.165, 1.54) is 18.7 Å². The number of fused-ring (bicyclic) bond motifs is 1. The van der Waals surface area contributed by atoms with Gasteiger partial charge in [0, 0.05) is 36.5 Å². The van der Waals surface area contributed by atoms with Crippen LogP contribution in [0.2, 0.25) is 0 Å². The number of imidazole rings is 1. The number of hydrogen-bond donors (Lipinski definition) is 0. The normalized spacial score (nSPS) is 13.7. The van der Waals surface area contributed by atoms with E-state index in [1.54, 1.807) is 18.9 Å². The first-order valence-electron chi connectivity index (χ1n) is 7.68. The van der Waals surface area contributed by atoms with Crippen LogP contribution in [-0.4, -0.2) is 35.3 Å². The summed E-state index contributed by atoms with van der Waals surface area (Å²) in [6.07, 6.45) is 7.75. The van der Waals surface area contributed by atoms with Crippen LogP contribution in [0.15, 0.2) is 24.4 Å². The molecular weight excluding hydrogens is 296 g/mol. The second-order valence-electron chi connectivity index (χ2n) is 5.40. The Morgan fingerprint density at radius 2 is 2.23 bits per heavy atom. The number of ether oxygens (including phenoxy) is 2. The monoisotopic (exact) mass is 318 g/mol. The van der Waals surface area contributed by atoms with Gasteiger partial charge in [0.05, 0.1) is 19.4 Å². The second kappa shape index (κ2) is 7.09. The highest BCUT2D eigenvalue weighted by molar-refractivity contribution is 7.98. The van der Waals surface area contributed by atoms with E-state index in [0.717, 1.165) is 41.5 Å². The van der Waals surface area contributed by atoms with Crippen molar-refractivity contribution in [3.63, 3.8) is 0 Å². The molecule has 0 saturated carbocycles. The number of thioether (sulfide) groups is 1. The number of hydrogen-bond acceptors (Lipinski definition) is 4. The zero-order chi connectivity index (χ0) is 15.4. The van der Waals surface area contributed by atoms with E-state index in [9.17, 15) is 0 Å². The maximum atomic E-state index is 5.73. The van der Waals surface area contributed by atoms with Crippen LogP contribution in [0.1, 0.15) is 18.7 Å². The van der Waals surface area contributed by atoms with Crippen molar-refractivity contribution in [3.05, 3.63) is 30.2 Å². The van der Waals surface area contributed by atoms with E-state index in [2.05, 4.69) is 17.0 Å². The van der Waals surface area contributed by atoms with Gasteiger partial charge in [0.2, 0.25) is 0 Å². The molecule has 1 aromatic heterocycles. The first-order chi connectivity index (χ1) is 10.8. The highest BCUT2D eigenvalue weighted by Crippen LogP contribution is 2.33. The number of nitrogens with zero attached hydrogens (tertiary/aromatic N) is 2.